The van der Waals surface area contributed by atoms with E-state index in [2.05, 4.69) is 35.9 Å². The van der Waals surface area contributed by atoms with Crippen molar-refractivity contribution in [3.63, 3.8) is 0 Å². The topological polar surface area (TPSA) is 24.1 Å². The van der Waals surface area contributed by atoms with Gasteiger partial charge in [0.1, 0.15) is 0 Å². The Morgan fingerprint density at radius 2 is 0.763 bits per heavy atom. The summed E-state index contributed by atoms with van der Waals surface area (Å²) in [6, 6.07) is 16.1. The summed E-state index contributed by atoms with van der Waals surface area (Å²) in [5, 5.41) is 8.50. The molecule has 4 aromatic carbocycles. The van der Waals surface area contributed by atoms with Gasteiger partial charge in [0.2, 0.25) is 0 Å². The summed E-state index contributed by atoms with van der Waals surface area (Å²) in [6.45, 7) is 0. The second-order valence-corrected chi connectivity index (χ2v) is 12.1. The minimum atomic E-state index is -0.794. The molecule has 0 radical (unpaired) electrons. The second kappa shape index (κ2) is 13.0. The van der Waals surface area contributed by atoms with E-state index in [1.165, 1.54) is 12.1 Å². The van der Waals surface area contributed by atoms with Gasteiger partial charge in [-0.05, 0) is 36.4 Å². The van der Waals surface area contributed by atoms with E-state index in [4.69, 9.17) is 92.8 Å². The van der Waals surface area contributed by atoms with Crippen molar-refractivity contribution in [1.82, 2.24) is 0 Å². The normalized spacial score (nSPS) is 12.8. The zero-order chi connectivity index (χ0) is 27.7. The Morgan fingerprint density at radius 3 is 1.05 bits per heavy atom. The van der Waals surface area contributed by atoms with Crippen LogP contribution in [-0.4, -0.2) is 0 Å². The highest BCUT2D eigenvalue weighted by Gasteiger charge is 2.35. The molecule has 38 heavy (non-hydrogen) atoms. The van der Waals surface area contributed by atoms with E-state index >= 15 is 0 Å². The van der Waals surface area contributed by atoms with Crippen LogP contribution in [0.1, 0.15) is 23.2 Å². The van der Waals surface area contributed by atoms with Gasteiger partial charge in [-0.15, -0.1) is 25.3 Å². The van der Waals surface area contributed by atoms with Crippen molar-refractivity contribution >= 4 is 129 Å². The third-order valence-corrected chi connectivity index (χ3v) is 9.66. The van der Waals surface area contributed by atoms with Gasteiger partial charge >= 0.3 is 0 Å². The van der Waals surface area contributed by atoms with Gasteiger partial charge in [-0.2, -0.15) is 0 Å². The van der Waals surface area contributed by atoms with Crippen molar-refractivity contribution < 1.29 is 0 Å². The molecule has 2 atom stereocenters. The lowest BCUT2D eigenvalue weighted by atomic mass is 9.92. The molecule has 0 bridgehead atoms. The lowest BCUT2D eigenvalue weighted by Crippen LogP contribution is -2.27. The van der Waals surface area contributed by atoms with Gasteiger partial charge in [-0.25, -0.2) is 0 Å². The fourth-order valence-electron chi connectivity index (χ4n) is 3.90. The maximum Gasteiger partial charge on any atom is 0.0788 e. The van der Waals surface area contributed by atoms with E-state index in [0.29, 0.717) is 32.3 Å². The third-order valence-electron chi connectivity index (χ3n) is 5.68. The number of hydrogen-bond donors (Lipinski definition) is 4. The van der Waals surface area contributed by atoms with Crippen LogP contribution in [0.15, 0.2) is 70.5 Å². The van der Waals surface area contributed by atoms with E-state index < -0.39 is 12.1 Å². The fourth-order valence-corrected chi connectivity index (χ4v) is 6.47. The van der Waals surface area contributed by atoms with Gasteiger partial charge in [0.05, 0.1) is 52.3 Å². The van der Waals surface area contributed by atoms with Gasteiger partial charge in [-0.1, -0.05) is 117 Å². The van der Waals surface area contributed by atoms with Crippen molar-refractivity contribution in [2.45, 2.75) is 21.9 Å². The van der Waals surface area contributed by atoms with Crippen LogP contribution in [0.5, 0.6) is 0 Å². The number of hydrogen-bond acceptors (Lipinski definition) is 4. The van der Waals surface area contributed by atoms with Crippen LogP contribution in [-0.2, 0) is 0 Å². The van der Waals surface area contributed by atoms with Crippen LogP contribution in [0.3, 0.4) is 0 Å². The number of benzene rings is 4. The maximum absolute atomic E-state index is 6.78. The first-order valence-electron chi connectivity index (χ1n) is 10.8. The Balaban J connectivity index is 2.07. The van der Waals surface area contributed by atoms with E-state index in [-0.39, 0.29) is 40.2 Å². The molecule has 0 saturated carbocycles. The van der Waals surface area contributed by atoms with Gasteiger partial charge < -0.3 is 10.6 Å². The second-order valence-electron chi connectivity index (χ2n) is 8.04. The molecular weight excluding hydrogens is 688 g/mol. The standard InChI is InChI=1S/C26H16Cl8N2S2/c27-11-9-12(28)22(32)19(21(11)31)25(35-15-5-1-3-7-17(15)37)26(36-16-6-2-4-8-18(16)38)20-23(33)13(29)10-14(30)24(20)34/h1-10,25-26,35-38H. The molecule has 0 fully saturated rings. The van der Waals surface area contributed by atoms with Gasteiger partial charge in [0, 0.05) is 32.3 Å². The largest absolute Gasteiger partial charge is 0.375 e. The smallest absolute Gasteiger partial charge is 0.0788 e. The van der Waals surface area contributed by atoms with Crippen LogP contribution in [0, 0.1) is 0 Å². The Morgan fingerprint density at radius 1 is 0.474 bits per heavy atom. The van der Waals surface area contributed by atoms with Crippen LogP contribution in [0.25, 0.3) is 0 Å². The van der Waals surface area contributed by atoms with Crippen molar-refractivity contribution in [1.29, 1.82) is 0 Å². The molecule has 0 saturated heterocycles. The Labute approximate surface area is 271 Å². The molecule has 0 heterocycles. The number of thiol groups is 2. The lowest BCUT2D eigenvalue weighted by Gasteiger charge is -2.34. The van der Waals surface area contributed by atoms with Crippen LogP contribution in [0.2, 0.25) is 40.2 Å². The maximum atomic E-state index is 6.78. The zero-order valence-corrected chi connectivity index (χ0v) is 26.7. The number of halogens is 8. The SMILES string of the molecule is Sc1ccccc1NC(c1c(Cl)c(Cl)cc(Cl)c1Cl)C(Nc1ccccc1S)c1c(Cl)c(Cl)cc(Cl)c1Cl. The number of rotatable bonds is 7. The third kappa shape index (κ3) is 6.36. The van der Waals surface area contributed by atoms with E-state index in [9.17, 15) is 0 Å². The van der Waals surface area contributed by atoms with Crippen molar-refractivity contribution in [3.05, 3.63) is 112 Å². The Kier molecular flexibility index (Phi) is 10.4. The number of anilines is 2. The molecule has 0 aliphatic heterocycles. The molecule has 2 unspecified atom stereocenters. The molecule has 198 valence electrons. The molecule has 2 nitrogen and oxygen atoms in total. The van der Waals surface area contributed by atoms with Gasteiger partial charge in [-0.3, -0.25) is 0 Å². The van der Waals surface area contributed by atoms with Crippen LogP contribution in [0.4, 0.5) is 11.4 Å². The number of nitrogens with one attached hydrogen (secondary N) is 2. The first-order valence-corrected chi connectivity index (χ1v) is 14.7. The Hall–Kier alpha value is -0.500. The molecule has 0 spiro atoms. The lowest BCUT2D eigenvalue weighted by molar-refractivity contribution is 0.648. The predicted octanol–water partition coefficient (Wildman–Crippen LogP) is 12.5. The Bertz CT molecular complexity index is 1350. The minimum Gasteiger partial charge on any atom is -0.375 e. The van der Waals surface area contributed by atoms with Gasteiger partial charge in [0.15, 0.2) is 0 Å². The summed E-state index contributed by atoms with van der Waals surface area (Å²) < 4.78 is 0. The van der Waals surface area contributed by atoms with Crippen LogP contribution >= 0.6 is 118 Å². The van der Waals surface area contributed by atoms with Crippen molar-refractivity contribution in [3.8, 4) is 0 Å². The molecule has 4 rings (SSSR count). The van der Waals surface area contributed by atoms with E-state index in [1.807, 2.05) is 48.5 Å². The average molecular weight is 704 g/mol. The van der Waals surface area contributed by atoms with Crippen LogP contribution < -0.4 is 10.6 Å². The number of para-hydroxylation sites is 2. The fraction of sp³-hybridized carbons (Fsp3) is 0.0769. The highest BCUT2D eigenvalue weighted by molar-refractivity contribution is 7.80. The molecule has 4 aromatic rings. The average Bonchev–Trinajstić information content (AvgIpc) is 2.87. The summed E-state index contributed by atoms with van der Waals surface area (Å²) in [4.78, 5) is 1.32. The van der Waals surface area contributed by atoms with E-state index in [1.54, 1.807) is 0 Å². The monoisotopic (exact) mass is 700 g/mol. The predicted molar refractivity (Wildman–Crippen MR) is 173 cm³/mol. The first kappa shape index (κ1) is 30.5. The highest BCUT2D eigenvalue weighted by Crippen LogP contribution is 2.51. The minimum absolute atomic E-state index is 0.182. The molecule has 0 amide bonds. The highest BCUT2D eigenvalue weighted by atomic mass is 35.5. The molecule has 0 aromatic heterocycles. The summed E-state index contributed by atoms with van der Waals surface area (Å²) in [5.74, 6) is 0. The molecule has 12 heteroatoms. The summed E-state index contributed by atoms with van der Waals surface area (Å²) in [6.07, 6.45) is 0. The quantitative estimate of drug-likeness (QED) is 0.114. The van der Waals surface area contributed by atoms with Crippen molar-refractivity contribution in [2.75, 3.05) is 10.6 Å². The first-order chi connectivity index (χ1) is 18.0. The molecular formula is C26H16Cl8N2S2. The zero-order valence-electron chi connectivity index (χ0n) is 18.8. The molecule has 2 N–H and O–H groups in total. The summed E-state index contributed by atoms with van der Waals surface area (Å²) in [7, 11) is 0. The van der Waals surface area contributed by atoms with E-state index in [0.717, 1.165) is 0 Å². The summed E-state index contributed by atoms with van der Waals surface area (Å²) in [5.41, 5.74) is 2.10. The molecule has 0 aliphatic carbocycles. The molecule has 0 aliphatic rings. The van der Waals surface area contributed by atoms with Crippen molar-refractivity contribution in [2.24, 2.45) is 0 Å². The van der Waals surface area contributed by atoms with Gasteiger partial charge in [0.25, 0.3) is 0 Å². The summed E-state index contributed by atoms with van der Waals surface area (Å²) >= 11 is 62.3.